The fraction of sp³-hybridized carbons (Fsp3) is 0.952. The molecular formula is C62H120O6. The standard InChI is InChI=1S/C62H120O6/c1-56(2)48-42-36-30-25-21-17-13-9-7-8-10-15-19-23-27-33-39-45-51-60(63)66-54-59(68-62(65)53-47-41-35-29-32-38-44-50-58(5)6)55-67-61(64)52-46-40-34-28-24-20-16-12-11-14-18-22-26-31-37-43-49-57(3)4/h56-59H,7-55H2,1-6H3/t59-/m1/s1. The third-order valence-corrected chi connectivity index (χ3v) is 14.1. The lowest BCUT2D eigenvalue weighted by Crippen LogP contribution is -2.30. The van der Waals surface area contributed by atoms with Crippen molar-refractivity contribution in [3.8, 4) is 0 Å². The molecule has 0 aliphatic heterocycles. The lowest BCUT2D eigenvalue weighted by molar-refractivity contribution is -0.167. The highest BCUT2D eigenvalue weighted by molar-refractivity contribution is 5.71. The summed E-state index contributed by atoms with van der Waals surface area (Å²) < 4.78 is 16.9. The first-order valence-corrected chi connectivity index (χ1v) is 30.6. The summed E-state index contributed by atoms with van der Waals surface area (Å²) in [7, 11) is 0. The van der Waals surface area contributed by atoms with Crippen molar-refractivity contribution >= 4 is 17.9 Å². The van der Waals surface area contributed by atoms with E-state index in [2.05, 4.69) is 41.5 Å². The van der Waals surface area contributed by atoms with Crippen molar-refractivity contribution in [2.45, 2.75) is 349 Å². The number of rotatable bonds is 55. The Morgan fingerprint density at radius 1 is 0.250 bits per heavy atom. The molecule has 0 saturated heterocycles. The molecule has 404 valence electrons. The van der Waals surface area contributed by atoms with E-state index in [1.165, 1.54) is 225 Å². The minimum Gasteiger partial charge on any atom is -0.462 e. The highest BCUT2D eigenvalue weighted by Crippen LogP contribution is 2.19. The minimum absolute atomic E-state index is 0.0639. The van der Waals surface area contributed by atoms with E-state index < -0.39 is 6.10 Å². The molecule has 0 aliphatic carbocycles. The summed E-state index contributed by atoms with van der Waals surface area (Å²) in [5.74, 6) is 1.65. The van der Waals surface area contributed by atoms with Crippen LogP contribution in [0, 0.1) is 17.8 Å². The van der Waals surface area contributed by atoms with Crippen LogP contribution in [0.25, 0.3) is 0 Å². The molecule has 0 rings (SSSR count). The van der Waals surface area contributed by atoms with Crippen LogP contribution < -0.4 is 0 Å². The molecule has 0 bridgehead atoms. The van der Waals surface area contributed by atoms with Crippen LogP contribution in [0.15, 0.2) is 0 Å². The molecular weight excluding hydrogens is 841 g/mol. The molecule has 6 nitrogen and oxygen atoms in total. The topological polar surface area (TPSA) is 78.9 Å². The van der Waals surface area contributed by atoms with Gasteiger partial charge in [0.05, 0.1) is 0 Å². The maximum absolute atomic E-state index is 12.8. The van der Waals surface area contributed by atoms with E-state index in [9.17, 15) is 14.4 Å². The van der Waals surface area contributed by atoms with E-state index in [0.29, 0.717) is 19.3 Å². The summed E-state index contributed by atoms with van der Waals surface area (Å²) in [6.45, 7) is 13.8. The number of hydrogen-bond donors (Lipinski definition) is 0. The van der Waals surface area contributed by atoms with E-state index in [4.69, 9.17) is 14.2 Å². The molecule has 0 aromatic rings. The van der Waals surface area contributed by atoms with Gasteiger partial charge in [-0.2, -0.15) is 0 Å². The Labute approximate surface area is 425 Å². The van der Waals surface area contributed by atoms with Gasteiger partial charge in [-0.3, -0.25) is 14.4 Å². The first kappa shape index (κ1) is 66.4. The van der Waals surface area contributed by atoms with Gasteiger partial charge in [-0.15, -0.1) is 0 Å². The second-order valence-electron chi connectivity index (χ2n) is 22.8. The lowest BCUT2D eigenvalue weighted by Gasteiger charge is -2.18. The lowest BCUT2D eigenvalue weighted by atomic mass is 10.0. The van der Waals surface area contributed by atoms with Crippen molar-refractivity contribution in [1.82, 2.24) is 0 Å². The molecule has 0 amide bonds. The van der Waals surface area contributed by atoms with E-state index >= 15 is 0 Å². The first-order chi connectivity index (χ1) is 33.1. The Morgan fingerprint density at radius 3 is 0.632 bits per heavy atom. The van der Waals surface area contributed by atoms with Crippen LogP contribution in [0.5, 0.6) is 0 Å². The van der Waals surface area contributed by atoms with Gasteiger partial charge in [-0.05, 0) is 37.0 Å². The predicted octanol–water partition coefficient (Wildman–Crippen LogP) is 20.3. The molecule has 0 radical (unpaired) electrons. The van der Waals surface area contributed by atoms with Crippen LogP contribution in [0.3, 0.4) is 0 Å². The molecule has 0 unspecified atom stereocenters. The van der Waals surface area contributed by atoms with Crippen molar-refractivity contribution in [3.63, 3.8) is 0 Å². The fourth-order valence-electron chi connectivity index (χ4n) is 9.53. The van der Waals surface area contributed by atoms with Crippen molar-refractivity contribution in [1.29, 1.82) is 0 Å². The summed E-state index contributed by atoms with van der Waals surface area (Å²) in [4.78, 5) is 38.1. The smallest absolute Gasteiger partial charge is 0.306 e. The van der Waals surface area contributed by atoms with Crippen LogP contribution >= 0.6 is 0 Å². The summed E-state index contributed by atoms with van der Waals surface area (Å²) in [5.41, 5.74) is 0. The normalized spacial score (nSPS) is 12.1. The molecule has 0 N–H and O–H groups in total. The Bertz CT molecular complexity index is 1050. The van der Waals surface area contributed by atoms with Gasteiger partial charge in [-0.1, -0.05) is 305 Å². The SMILES string of the molecule is CC(C)CCCCCCCCCCCCCCCCCCCCC(=O)OC[C@H](COC(=O)CCCCCCCCCCCCCCCCCCC(C)C)OC(=O)CCCCCCCCCC(C)C. The molecule has 0 aromatic carbocycles. The van der Waals surface area contributed by atoms with Gasteiger partial charge >= 0.3 is 17.9 Å². The number of hydrogen-bond acceptors (Lipinski definition) is 6. The van der Waals surface area contributed by atoms with Gasteiger partial charge in [0.25, 0.3) is 0 Å². The first-order valence-electron chi connectivity index (χ1n) is 30.6. The van der Waals surface area contributed by atoms with Gasteiger partial charge in [0.1, 0.15) is 13.2 Å². The van der Waals surface area contributed by atoms with Gasteiger partial charge in [0, 0.05) is 19.3 Å². The third-order valence-electron chi connectivity index (χ3n) is 14.1. The van der Waals surface area contributed by atoms with Crippen molar-refractivity contribution < 1.29 is 28.6 Å². The second-order valence-corrected chi connectivity index (χ2v) is 22.8. The zero-order valence-electron chi connectivity index (χ0n) is 46.9. The second kappa shape index (κ2) is 53.2. The monoisotopic (exact) mass is 961 g/mol. The Hall–Kier alpha value is -1.59. The van der Waals surface area contributed by atoms with Gasteiger partial charge in [0.15, 0.2) is 6.10 Å². The maximum Gasteiger partial charge on any atom is 0.306 e. The Kier molecular flexibility index (Phi) is 52.0. The van der Waals surface area contributed by atoms with Crippen LogP contribution in [-0.2, 0) is 28.6 Å². The maximum atomic E-state index is 12.8. The molecule has 0 saturated carbocycles. The zero-order chi connectivity index (χ0) is 49.8. The zero-order valence-corrected chi connectivity index (χ0v) is 46.9. The van der Waals surface area contributed by atoms with Gasteiger partial charge in [-0.25, -0.2) is 0 Å². The van der Waals surface area contributed by atoms with Gasteiger partial charge in [0.2, 0.25) is 0 Å². The quantitative estimate of drug-likeness (QED) is 0.0343. The molecule has 0 heterocycles. The molecule has 6 heteroatoms. The van der Waals surface area contributed by atoms with Crippen molar-refractivity contribution in [3.05, 3.63) is 0 Å². The average Bonchev–Trinajstić information content (AvgIpc) is 3.30. The number of unbranched alkanes of at least 4 members (excludes halogenated alkanes) is 38. The summed E-state index contributed by atoms with van der Waals surface area (Å²) >= 11 is 0. The molecule has 0 spiro atoms. The Balaban J connectivity index is 4.17. The number of esters is 3. The van der Waals surface area contributed by atoms with Crippen molar-refractivity contribution in [2.75, 3.05) is 13.2 Å². The molecule has 68 heavy (non-hydrogen) atoms. The highest BCUT2D eigenvalue weighted by Gasteiger charge is 2.19. The summed E-state index contributed by atoms with van der Waals surface area (Å²) in [5, 5.41) is 0. The van der Waals surface area contributed by atoms with Crippen LogP contribution in [0.2, 0.25) is 0 Å². The van der Waals surface area contributed by atoms with Crippen LogP contribution in [0.4, 0.5) is 0 Å². The summed E-state index contributed by atoms with van der Waals surface area (Å²) in [6, 6.07) is 0. The van der Waals surface area contributed by atoms with Crippen molar-refractivity contribution in [2.24, 2.45) is 17.8 Å². The Morgan fingerprint density at radius 2 is 0.426 bits per heavy atom. The fourth-order valence-corrected chi connectivity index (χ4v) is 9.53. The number of carbonyl (C=O) groups excluding carboxylic acids is 3. The molecule has 0 fully saturated rings. The highest BCUT2D eigenvalue weighted by atomic mass is 16.6. The van der Waals surface area contributed by atoms with E-state index in [1.54, 1.807) is 0 Å². The molecule has 1 atom stereocenters. The van der Waals surface area contributed by atoms with E-state index in [0.717, 1.165) is 75.5 Å². The minimum atomic E-state index is -0.764. The number of carbonyl (C=O) groups is 3. The van der Waals surface area contributed by atoms with Crippen LogP contribution in [-0.4, -0.2) is 37.2 Å². The van der Waals surface area contributed by atoms with Crippen LogP contribution in [0.1, 0.15) is 343 Å². The van der Waals surface area contributed by atoms with E-state index in [-0.39, 0.29) is 31.1 Å². The number of ether oxygens (including phenoxy) is 3. The largest absolute Gasteiger partial charge is 0.462 e. The summed E-state index contributed by atoms with van der Waals surface area (Å²) in [6.07, 6.45) is 56.9. The molecule has 0 aromatic heterocycles. The third kappa shape index (κ3) is 55.3. The van der Waals surface area contributed by atoms with Gasteiger partial charge < -0.3 is 14.2 Å². The average molecular weight is 962 g/mol. The molecule has 0 aliphatic rings. The predicted molar refractivity (Wildman–Crippen MR) is 293 cm³/mol. The van der Waals surface area contributed by atoms with E-state index in [1.807, 2.05) is 0 Å².